The average molecular weight is 350 g/mol. The fraction of sp³-hybridized carbons (Fsp3) is 0. The Morgan fingerprint density at radius 2 is 1.74 bits per heavy atom. The van der Waals surface area contributed by atoms with E-state index in [-0.39, 0.29) is 5.69 Å². The quantitative estimate of drug-likeness (QED) is 0.655. The Labute approximate surface area is 140 Å². The molecule has 116 valence electrons. The molecule has 0 spiro atoms. The lowest BCUT2D eigenvalue weighted by molar-refractivity contribution is 0.103. The van der Waals surface area contributed by atoms with E-state index in [2.05, 4.69) is 5.32 Å². The van der Waals surface area contributed by atoms with Gasteiger partial charge in [0.05, 0.1) is 10.6 Å². The van der Waals surface area contributed by atoms with Crippen LogP contribution in [0.2, 0.25) is 5.02 Å². The highest BCUT2D eigenvalue weighted by atomic mass is 35.5. The highest BCUT2D eigenvalue weighted by Gasteiger charge is 2.13. The lowest BCUT2D eigenvalue weighted by atomic mass is 10.2. The van der Waals surface area contributed by atoms with Crippen LogP contribution < -0.4 is 5.32 Å². The van der Waals surface area contributed by atoms with Crippen LogP contribution >= 0.6 is 22.9 Å². The molecule has 0 bridgehead atoms. The predicted molar refractivity (Wildman–Crippen MR) is 89.1 cm³/mol. The zero-order valence-electron chi connectivity index (χ0n) is 11.6. The Hall–Kier alpha value is -2.24. The summed E-state index contributed by atoms with van der Waals surface area (Å²) in [6.45, 7) is 0. The standard InChI is InChI=1S/C17H10ClF2NOS/c18-11-3-1-10(2-4-11)15-7-8-16(23-15)17(22)21-14-6-5-12(19)9-13(14)20/h1-9H,(H,21,22). The molecule has 3 aromatic rings. The fourth-order valence-electron chi connectivity index (χ4n) is 2.00. The van der Waals surface area contributed by atoms with E-state index in [1.807, 2.05) is 18.2 Å². The monoisotopic (exact) mass is 349 g/mol. The zero-order valence-corrected chi connectivity index (χ0v) is 13.2. The van der Waals surface area contributed by atoms with Crippen molar-refractivity contribution in [2.24, 2.45) is 0 Å². The second-order valence-corrected chi connectivity index (χ2v) is 6.27. The number of thiophene rings is 1. The first-order valence-electron chi connectivity index (χ1n) is 6.65. The van der Waals surface area contributed by atoms with Gasteiger partial charge in [-0.3, -0.25) is 4.79 Å². The maximum absolute atomic E-state index is 13.6. The van der Waals surface area contributed by atoms with Gasteiger partial charge in [-0.1, -0.05) is 23.7 Å². The van der Waals surface area contributed by atoms with Gasteiger partial charge in [-0.25, -0.2) is 8.78 Å². The van der Waals surface area contributed by atoms with Crippen LogP contribution in [-0.4, -0.2) is 5.91 Å². The molecule has 1 heterocycles. The number of carbonyl (C=O) groups is 1. The number of hydrogen-bond donors (Lipinski definition) is 1. The van der Waals surface area contributed by atoms with Crippen LogP contribution in [0.15, 0.2) is 54.6 Å². The molecule has 0 aliphatic rings. The van der Waals surface area contributed by atoms with Gasteiger partial charge in [0, 0.05) is 16.0 Å². The Kier molecular flexibility index (Phi) is 4.41. The molecule has 2 aromatic carbocycles. The van der Waals surface area contributed by atoms with Crippen molar-refractivity contribution in [1.29, 1.82) is 0 Å². The molecule has 0 saturated carbocycles. The summed E-state index contributed by atoms with van der Waals surface area (Å²) in [4.78, 5) is 13.5. The highest BCUT2D eigenvalue weighted by Crippen LogP contribution is 2.29. The summed E-state index contributed by atoms with van der Waals surface area (Å²) in [5.41, 5.74) is 0.879. The van der Waals surface area contributed by atoms with E-state index in [1.54, 1.807) is 18.2 Å². The van der Waals surface area contributed by atoms with E-state index in [9.17, 15) is 13.6 Å². The largest absolute Gasteiger partial charge is 0.319 e. The van der Waals surface area contributed by atoms with Crippen molar-refractivity contribution in [3.8, 4) is 10.4 Å². The second-order valence-electron chi connectivity index (χ2n) is 4.75. The predicted octanol–water partition coefficient (Wildman–Crippen LogP) is 5.60. The van der Waals surface area contributed by atoms with Crippen LogP contribution in [0.3, 0.4) is 0 Å². The molecule has 23 heavy (non-hydrogen) atoms. The van der Waals surface area contributed by atoms with E-state index in [4.69, 9.17) is 11.6 Å². The fourth-order valence-corrected chi connectivity index (χ4v) is 3.04. The van der Waals surface area contributed by atoms with Crippen LogP contribution in [0, 0.1) is 11.6 Å². The molecule has 0 radical (unpaired) electrons. The van der Waals surface area contributed by atoms with Crippen LogP contribution in [0.1, 0.15) is 9.67 Å². The van der Waals surface area contributed by atoms with Gasteiger partial charge in [0.1, 0.15) is 11.6 Å². The molecule has 1 N–H and O–H groups in total. The van der Waals surface area contributed by atoms with Crippen molar-refractivity contribution in [1.82, 2.24) is 0 Å². The topological polar surface area (TPSA) is 29.1 Å². The van der Waals surface area contributed by atoms with E-state index in [1.165, 1.54) is 17.4 Å². The Bertz CT molecular complexity index is 861. The van der Waals surface area contributed by atoms with Crippen molar-refractivity contribution < 1.29 is 13.6 Å². The first-order valence-corrected chi connectivity index (χ1v) is 7.84. The Balaban J connectivity index is 1.79. The van der Waals surface area contributed by atoms with Gasteiger partial charge in [0.2, 0.25) is 0 Å². The minimum absolute atomic E-state index is 0.0576. The van der Waals surface area contributed by atoms with E-state index in [0.29, 0.717) is 9.90 Å². The lowest BCUT2D eigenvalue weighted by Gasteiger charge is -2.04. The maximum Gasteiger partial charge on any atom is 0.265 e. The van der Waals surface area contributed by atoms with Crippen molar-refractivity contribution in [3.05, 3.63) is 76.1 Å². The Morgan fingerprint density at radius 3 is 2.43 bits per heavy atom. The SMILES string of the molecule is O=C(Nc1ccc(F)cc1F)c1ccc(-c2ccc(Cl)cc2)s1. The average Bonchev–Trinajstić information content (AvgIpc) is 3.01. The van der Waals surface area contributed by atoms with Gasteiger partial charge >= 0.3 is 0 Å². The number of amides is 1. The van der Waals surface area contributed by atoms with Crippen LogP contribution in [-0.2, 0) is 0 Å². The summed E-state index contributed by atoms with van der Waals surface area (Å²) in [7, 11) is 0. The van der Waals surface area contributed by atoms with Crippen molar-refractivity contribution >= 4 is 34.5 Å². The number of anilines is 1. The summed E-state index contributed by atoms with van der Waals surface area (Å²) < 4.78 is 26.4. The van der Waals surface area contributed by atoms with Gasteiger partial charge < -0.3 is 5.32 Å². The molecule has 3 rings (SSSR count). The molecule has 0 unspecified atom stereocenters. The molecule has 0 aliphatic heterocycles. The smallest absolute Gasteiger partial charge is 0.265 e. The van der Waals surface area contributed by atoms with Gasteiger partial charge in [-0.15, -0.1) is 11.3 Å². The zero-order chi connectivity index (χ0) is 16.4. The second kappa shape index (κ2) is 6.48. The molecular weight excluding hydrogens is 340 g/mol. The molecule has 0 fully saturated rings. The first kappa shape index (κ1) is 15.6. The maximum atomic E-state index is 13.6. The minimum Gasteiger partial charge on any atom is -0.319 e. The Morgan fingerprint density at radius 1 is 1.00 bits per heavy atom. The van der Waals surface area contributed by atoms with Gasteiger partial charge in [0.25, 0.3) is 5.91 Å². The number of hydrogen-bond acceptors (Lipinski definition) is 2. The van der Waals surface area contributed by atoms with Crippen LogP contribution in [0.25, 0.3) is 10.4 Å². The van der Waals surface area contributed by atoms with Crippen molar-refractivity contribution in [3.63, 3.8) is 0 Å². The van der Waals surface area contributed by atoms with E-state index < -0.39 is 17.5 Å². The number of rotatable bonds is 3. The lowest BCUT2D eigenvalue weighted by Crippen LogP contribution is -2.11. The molecule has 2 nitrogen and oxygen atoms in total. The first-order chi connectivity index (χ1) is 11.0. The van der Waals surface area contributed by atoms with Crippen LogP contribution in [0.5, 0.6) is 0 Å². The third-order valence-corrected chi connectivity index (χ3v) is 4.52. The normalized spacial score (nSPS) is 10.6. The van der Waals surface area contributed by atoms with Gasteiger partial charge in [-0.05, 0) is 42.0 Å². The van der Waals surface area contributed by atoms with E-state index >= 15 is 0 Å². The summed E-state index contributed by atoms with van der Waals surface area (Å²) >= 11 is 7.12. The van der Waals surface area contributed by atoms with Crippen LogP contribution in [0.4, 0.5) is 14.5 Å². The minimum atomic E-state index is -0.812. The van der Waals surface area contributed by atoms with Crippen molar-refractivity contribution in [2.45, 2.75) is 0 Å². The third kappa shape index (κ3) is 3.57. The van der Waals surface area contributed by atoms with Crippen molar-refractivity contribution in [2.75, 3.05) is 5.32 Å². The molecule has 0 atom stereocenters. The number of nitrogens with one attached hydrogen (secondary N) is 1. The molecule has 0 aliphatic carbocycles. The van der Waals surface area contributed by atoms with Gasteiger partial charge in [0.15, 0.2) is 0 Å². The number of benzene rings is 2. The molecule has 1 amide bonds. The molecule has 0 saturated heterocycles. The van der Waals surface area contributed by atoms with E-state index in [0.717, 1.165) is 22.6 Å². The molecule has 6 heteroatoms. The molecule has 1 aromatic heterocycles. The van der Waals surface area contributed by atoms with Gasteiger partial charge in [-0.2, -0.15) is 0 Å². The number of carbonyl (C=O) groups excluding carboxylic acids is 1. The third-order valence-electron chi connectivity index (χ3n) is 3.14. The summed E-state index contributed by atoms with van der Waals surface area (Å²) in [5, 5.41) is 3.07. The number of halogens is 3. The summed E-state index contributed by atoms with van der Waals surface area (Å²) in [6.07, 6.45) is 0. The summed E-state index contributed by atoms with van der Waals surface area (Å²) in [6, 6.07) is 13.7. The summed E-state index contributed by atoms with van der Waals surface area (Å²) in [5.74, 6) is -1.95. The molecular formula is C17H10ClF2NOS. The highest BCUT2D eigenvalue weighted by molar-refractivity contribution is 7.17.